The average Bonchev–Trinajstić information content (AvgIpc) is 2.48. The highest BCUT2D eigenvalue weighted by atomic mass is 79.9. The summed E-state index contributed by atoms with van der Waals surface area (Å²) in [5, 5.41) is 4.15. The van der Waals surface area contributed by atoms with Crippen molar-refractivity contribution in [3.63, 3.8) is 0 Å². The van der Waals surface area contributed by atoms with Gasteiger partial charge in [0.1, 0.15) is 0 Å². The number of nitrogens with zero attached hydrogens (tertiary/aromatic N) is 3. The number of rotatable bonds is 1. The van der Waals surface area contributed by atoms with E-state index in [0.29, 0.717) is 5.82 Å². The molecule has 2 aromatic rings. The molecule has 0 amide bonds. The summed E-state index contributed by atoms with van der Waals surface area (Å²) in [7, 11) is 0. The molecule has 0 fully saturated rings. The first-order chi connectivity index (χ1) is 6.68. The highest BCUT2D eigenvalue weighted by Crippen LogP contribution is 2.20. The lowest BCUT2D eigenvalue weighted by atomic mass is 10.2. The third kappa shape index (κ3) is 1.50. The van der Waals surface area contributed by atoms with Crippen LogP contribution in [0.5, 0.6) is 0 Å². The van der Waals surface area contributed by atoms with Crippen LogP contribution in [0.4, 0.5) is 5.82 Å². The number of halogens is 1. The van der Waals surface area contributed by atoms with Gasteiger partial charge < -0.3 is 5.73 Å². The van der Waals surface area contributed by atoms with Crippen LogP contribution in [0.25, 0.3) is 5.69 Å². The maximum absolute atomic E-state index is 5.63. The number of hydrogen-bond acceptors (Lipinski definition) is 3. The predicted molar refractivity (Wildman–Crippen MR) is 58.2 cm³/mol. The highest BCUT2D eigenvalue weighted by molar-refractivity contribution is 9.10. The number of nitrogens with two attached hydrogens (primary N) is 1. The van der Waals surface area contributed by atoms with Gasteiger partial charge in [0.2, 0.25) is 0 Å². The fourth-order valence-electron chi connectivity index (χ4n) is 1.19. The van der Waals surface area contributed by atoms with Gasteiger partial charge in [0, 0.05) is 12.4 Å². The second-order valence-electron chi connectivity index (χ2n) is 2.97. The molecule has 5 heteroatoms. The Hall–Kier alpha value is -1.36. The molecule has 0 bridgehead atoms. The molecule has 0 aliphatic heterocycles. The summed E-state index contributed by atoms with van der Waals surface area (Å²) in [6, 6.07) is 1.93. The van der Waals surface area contributed by atoms with Crippen molar-refractivity contribution >= 4 is 21.7 Å². The Morgan fingerprint density at radius 2 is 2.29 bits per heavy atom. The number of nitrogen functional groups attached to an aromatic ring is 1. The van der Waals surface area contributed by atoms with Crippen LogP contribution >= 0.6 is 15.9 Å². The molecule has 2 aromatic heterocycles. The summed E-state index contributed by atoms with van der Waals surface area (Å²) in [4.78, 5) is 4.04. The average molecular weight is 253 g/mol. The Morgan fingerprint density at radius 1 is 1.50 bits per heavy atom. The van der Waals surface area contributed by atoms with Crippen molar-refractivity contribution in [2.24, 2.45) is 0 Å². The quantitative estimate of drug-likeness (QED) is 0.844. The molecule has 2 N–H and O–H groups in total. The van der Waals surface area contributed by atoms with E-state index < -0.39 is 0 Å². The summed E-state index contributed by atoms with van der Waals surface area (Å²) in [6.45, 7) is 2.00. The molecular formula is C9H9BrN4. The normalized spacial score (nSPS) is 10.4. The maximum atomic E-state index is 5.63. The van der Waals surface area contributed by atoms with Gasteiger partial charge in [0.15, 0.2) is 5.82 Å². The monoisotopic (exact) mass is 252 g/mol. The molecule has 2 heterocycles. The van der Waals surface area contributed by atoms with Crippen LogP contribution in [0.2, 0.25) is 0 Å². The molecular weight excluding hydrogens is 244 g/mol. The van der Waals surface area contributed by atoms with E-state index in [1.54, 1.807) is 17.1 Å². The molecule has 0 saturated carbocycles. The van der Waals surface area contributed by atoms with Crippen LogP contribution in [0.15, 0.2) is 29.1 Å². The molecule has 0 radical (unpaired) electrons. The van der Waals surface area contributed by atoms with Crippen molar-refractivity contribution in [2.45, 2.75) is 6.92 Å². The van der Waals surface area contributed by atoms with Crippen LogP contribution in [0.1, 0.15) is 5.56 Å². The van der Waals surface area contributed by atoms with E-state index in [2.05, 4.69) is 26.0 Å². The molecule has 4 nitrogen and oxygen atoms in total. The van der Waals surface area contributed by atoms with Crippen molar-refractivity contribution in [2.75, 3.05) is 5.73 Å². The lowest BCUT2D eigenvalue weighted by molar-refractivity contribution is 0.870. The molecule has 2 rings (SSSR count). The van der Waals surface area contributed by atoms with Crippen LogP contribution in [0, 0.1) is 6.92 Å². The summed E-state index contributed by atoms with van der Waals surface area (Å²) < 4.78 is 2.50. The molecule has 0 atom stereocenters. The van der Waals surface area contributed by atoms with Crippen molar-refractivity contribution in [3.05, 3.63) is 34.7 Å². The Bertz CT molecular complexity index is 444. The largest absolute Gasteiger partial charge is 0.381 e. The maximum Gasteiger partial charge on any atom is 0.160 e. The van der Waals surface area contributed by atoms with Crippen molar-refractivity contribution in [1.29, 1.82) is 0 Å². The van der Waals surface area contributed by atoms with E-state index in [-0.39, 0.29) is 0 Å². The van der Waals surface area contributed by atoms with Gasteiger partial charge in [-0.25, -0.2) is 4.68 Å². The minimum Gasteiger partial charge on any atom is -0.381 e. The Balaban J connectivity index is 2.55. The lowest BCUT2D eigenvalue weighted by Crippen LogP contribution is -1.99. The fraction of sp³-hybridized carbons (Fsp3) is 0.111. The van der Waals surface area contributed by atoms with Gasteiger partial charge in [0.05, 0.1) is 16.4 Å². The minimum absolute atomic E-state index is 0.480. The van der Waals surface area contributed by atoms with E-state index in [1.165, 1.54) is 0 Å². The Kier molecular flexibility index (Phi) is 2.25. The van der Waals surface area contributed by atoms with Crippen molar-refractivity contribution in [1.82, 2.24) is 14.8 Å². The zero-order valence-electron chi connectivity index (χ0n) is 7.61. The van der Waals surface area contributed by atoms with E-state index >= 15 is 0 Å². The van der Waals surface area contributed by atoms with Gasteiger partial charge in [-0.15, -0.1) is 5.10 Å². The molecule has 14 heavy (non-hydrogen) atoms. The highest BCUT2D eigenvalue weighted by Gasteiger charge is 2.05. The molecule has 0 aliphatic carbocycles. The number of aryl methyl sites for hydroxylation is 1. The fourth-order valence-corrected chi connectivity index (χ4v) is 1.46. The summed E-state index contributed by atoms with van der Waals surface area (Å²) in [5.74, 6) is 0.480. The molecule has 0 spiro atoms. The van der Waals surface area contributed by atoms with E-state index in [0.717, 1.165) is 15.7 Å². The molecule has 0 saturated heterocycles. The van der Waals surface area contributed by atoms with Crippen LogP contribution in [-0.2, 0) is 0 Å². The Morgan fingerprint density at radius 3 is 2.86 bits per heavy atom. The Labute approximate surface area is 89.9 Å². The standard InChI is InChI=1S/C9H9BrN4/c1-6-2-3-12-4-8(6)14-5-7(10)9(11)13-14/h2-5H,1H3,(H2,11,13). The van der Waals surface area contributed by atoms with Gasteiger partial charge in [-0.2, -0.15) is 0 Å². The van der Waals surface area contributed by atoms with E-state index in [4.69, 9.17) is 5.73 Å². The molecule has 0 unspecified atom stereocenters. The zero-order valence-corrected chi connectivity index (χ0v) is 9.19. The van der Waals surface area contributed by atoms with Crippen LogP contribution in [0.3, 0.4) is 0 Å². The first-order valence-electron chi connectivity index (χ1n) is 4.10. The lowest BCUT2D eigenvalue weighted by Gasteiger charge is -2.03. The summed E-state index contributed by atoms with van der Waals surface area (Å²) >= 11 is 3.31. The third-order valence-corrected chi connectivity index (χ3v) is 2.57. The van der Waals surface area contributed by atoms with Crippen molar-refractivity contribution < 1.29 is 0 Å². The third-order valence-electron chi connectivity index (χ3n) is 1.95. The molecule has 72 valence electrons. The van der Waals surface area contributed by atoms with Crippen LogP contribution < -0.4 is 5.73 Å². The SMILES string of the molecule is Cc1ccncc1-n1cc(Br)c(N)n1. The summed E-state index contributed by atoms with van der Waals surface area (Å²) in [6.07, 6.45) is 5.33. The van der Waals surface area contributed by atoms with Crippen LogP contribution in [-0.4, -0.2) is 14.8 Å². The van der Waals surface area contributed by atoms with Gasteiger partial charge in [-0.05, 0) is 34.5 Å². The van der Waals surface area contributed by atoms with Crippen molar-refractivity contribution in [3.8, 4) is 5.69 Å². The molecule has 0 aliphatic rings. The van der Waals surface area contributed by atoms with E-state index in [9.17, 15) is 0 Å². The zero-order chi connectivity index (χ0) is 10.1. The first-order valence-corrected chi connectivity index (χ1v) is 4.89. The second kappa shape index (κ2) is 3.42. The van der Waals surface area contributed by atoms with Gasteiger partial charge in [-0.3, -0.25) is 4.98 Å². The number of anilines is 1. The number of hydrogen-bond donors (Lipinski definition) is 1. The predicted octanol–water partition coefficient (Wildman–Crippen LogP) is 1.92. The smallest absolute Gasteiger partial charge is 0.160 e. The second-order valence-corrected chi connectivity index (χ2v) is 3.82. The number of pyridine rings is 1. The minimum atomic E-state index is 0.480. The molecule has 0 aromatic carbocycles. The van der Waals surface area contributed by atoms with Gasteiger partial charge in [0.25, 0.3) is 0 Å². The van der Waals surface area contributed by atoms with Gasteiger partial charge in [-0.1, -0.05) is 0 Å². The van der Waals surface area contributed by atoms with E-state index in [1.807, 2.05) is 19.2 Å². The summed E-state index contributed by atoms with van der Waals surface area (Å²) in [5.41, 5.74) is 7.67. The number of aromatic nitrogens is 3. The first kappa shape index (κ1) is 9.21. The van der Waals surface area contributed by atoms with Gasteiger partial charge >= 0.3 is 0 Å². The topological polar surface area (TPSA) is 56.7 Å².